The Morgan fingerprint density at radius 3 is 2.57 bits per heavy atom. The van der Waals surface area contributed by atoms with Gasteiger partial charge in [-0.1, -0.05) is 41.9 Å². The van der Waals surface area contributed by atoms with E-state index in [0.29, 0.717) is 15.7 Å². The molecule has 6 nitrogen and oxygen atoms in total. The van der Waals surface area contributed by atoms with Crippen molar-refractivity contribution in [2.75, 3.05) is 5.32 Å². The minimum absolute atomic E-state index is 0.238. The molecule has 2 heterocycles. The maximum atomic E-state index is 12.7. The monoisotopic (exact) mass is 412 g/mol. The maximum absolute atomic E-state index is 12.7. The summed E-state index contributed by atoms with van der Waals surface area (Å²) in [4.78, 5) is 17.8. The van der Waals surface area contributed by atoms with Crippen LogP contribution in [-0.2, 0) is 4.79 Å². The summed E-state index contributed by atoms with van der Waals surface area (Å²) in [6.07, 6.45) is 0. The van der Waals surface area contributed by atoms with Crippen molar-refractivity contribution in [1.82, 2.24) is 14.6 Å². The number of hydrogen-bond donors (Lipinski definition) is 1. The van der Waals surface area contributed by atoms with Gasteiger partial charge in [0, 0.05) is 16.0 Å². The topological polar surface area (TPSA) is 68.5 Å². The molecule has 2 aromatic heterocycles. The van der Waals surface area contributed by atoms with Crippen LogP contribution in [0.2, 0.25) is 5.02 Å². The Morgan fingerprint density at radius 1 is 1.14 bits per heavy atom. The van der Waals surface area contributed by atoms with Crippen LogP contribution in [-0.4, -0.2) is 26.1 Å². The molecule has 0 saturated carbocycles. The van der Waals surface area contributed by atoms with Gasteiger partial charge in [0.2, 0.25) is 4.96 Å². The van der Waals surface area contributed by atoms with E-state index in [1.807, 2.05) is 35.7 Å². The van der Waals surface area contributed by atoms with E-state index < -0.39 is 5.60 Å². The molecule has 0 unspecified atom stereocenters. The summed E-state index contributed by atoms with van der Waals surface area (Å²) in [7, 11) is 0. The molecule has 0 bridgehead atoms. The maximum Gasteiger partial charge on any atom is 0.270 e. The van der Waals surface area contributed by atoms with Gasteiger partial charge in [-0.3, -0.25) is 10.1 Å². The highest BCUT2D eigenvalue weighted by Gasteiger charge is 2.31. The number of rotatable bonds is 5. The molecule has 4 aromatic rings. The van der Waals surface area contributed by atoms with Gasteiger partial charge in [-0.2, -0.15) is 4.98 Å². The molecule has 0 radical (unpaired) electrons. The van der Waals surface area contributed by atoms with Gasteiger partial charge in [-0.25, -0.2) is 4.52 Å². The van der Waals surface area contributed by atoms with Crippen LogP contribution in [0.15, 0.2) is 60.0 Å². The number of hydrogen-bond acceptors (Lipinski definition) is 5. The molecular weight excluding hydrogens is 396 g/mol. The first-order chi connectivity index (χ1) is 13.4. The van der Waals surface area contributed by atoms with Crippen LogP contribution in [0.5, 0.6) is 5.75 Å². The number of carbonyl (C=O) groups excluding carboxylic acids is 1. The predicted molar refractivity (Wildman–Crippen MR) is 111 cm³/mol. The van der Waals surface area contributed by atoms with Crippen molar-refractivity contribution < 1.29 is 9.53 Å². The second-order valence-electron chi connectivity index (χ2n) is 6.64. The number of ether oxygens (including phenoxy) is 1. The third-order valence-corrected chi connectivity index (χ3v) is 5.18. The van der Waals surface area contributed by atoms with Crippen molar-refractivity contribution in [1.29, 1.82) is 0 Å². The molecule has 1 N–H and O–H groups in total. The molecule has 142 valence electrons. The van der Waals surface area contributed by atoms with Crippen LogP contribution in [0.1, 0.15) is 13.8 Å². The number of amides is 1. The van der Waals surface area contributed by atoms with E-state index in [2.05, 4.69) is 15.4 Å². The van der Waals surface area contributed by atoms with E-state index in [1.165, 1.54) is 11.3 Å². The summed E-state index contributed by atoms with van der Waals surface area (Å²) in [6.45, 7) is 3.37. The van der Waals surface area contributed by atoms with E-state index in [4.69, 9.17) is 16.3 Å². The number of nitrogens with zero attached hydrogens (tertiary/aromatic N) is 3. The molecule has 0 saturated heterocycles. The Bertz CT molecular complexity index is 1120. The van der Waals surface area contributed by atoms with Crippen molar-refractivity contribution in [2.24, 2.45) is 0 Å². The Labute approximate surface area is 170 Å². The number of aromatic nitrogens is 3. The fourth-order valence-electron chi connectivity index (χ4n) is 2.64. The molecule has 0 fully saturated rings. The second kappa shape index (κ2) is 7.26. The SMILES string of the molecule is CC(C)(Oc1ccc(Cl)cc1)C(=O)Nc1nc2scc(-c3ccccc3)n2n1. The van der Waals surface area contributed by atoms with Gasteiger partial charge in [0.25, 0.3) is 11.9 Å². The predicted octanol–water partition coefficient (Wildman–Crippen LogP) is 4.91. The molecule has 8 heteroatoms. The van der Waals surface area contributed by atoms with Gasteiger partial charge in [0.1, 0.15) is 5.75 Å². The van der Waals surface area contributed by atoms with E-state index in [-0.39, 0.29) is 11.9 Å². The van der Waals surface area contributed by atoms with Crippen LogP contribution < -0.4 is 10.1 Å². The Hall–Kier alpha value is -2.90. The smallest absolute Gasteiger partial charge is 0.270 e. The van der Waals surface area contributed by atoms with Gasteiger partial charge in [0.05, 0.1) is 5.69 Å². The van der Waals surface area contributed by atoms with Gasteiger partial charge < -0.3 is 4.74 Å². The number of thiazole rings is 1. The summed E-state index contributed by atoms with van der Waals surface area (Å²) in [6, 6.07) is 16.8. The van der Waals surface area contributed by atoms with Crippen molar-refractivity contribution in [2.45, 2.75) is 19.4 Å². The molecule has 28 heavy (non-hydrogen) atoms. The molecular formula is C20H17ClN4O2S. The molecule has 0 spiro atoms. The lowest BCUT2D eigenvalue weighted by Gasteiger charge is -2.24. The van der Waals surface area contributed by atoms with Gasteiger partial charge >= 0.3 is 0 Å². The Kier molecular flexibility index (Phi) is 4.78. The van der Waals surface area contributed by atoms with Crippen LogP contribution in [0.4, 0.5) is 5.95 Å². The summed E-state index contributed by atoms with van der Waals surface area (Å²) >= 11 is 7.35. The van der Waals surface area contributed by atoms with Gasteiger partial charge in [-0.05, 0) is 38.1 Å². The van der Waals surface area contributed by atoms with E-state index >= 15 is 0 Å². The van der Waals surface area contributed by atoms with Crippen molar-refractivity contribution >= 4 is 39.8 Å². The number of benzene rings is 2. The van der Waals surface area contributed by atoms with E-state index in [0.717, 1.165) is 11.3 Å². The molecule has 4 rings (SSSR count). The molecule has 0 atom stereocenters. The highest BCUT2D eigenvalue weighted by atomic mass is 35.5. The van der Waals surface area contributed by atoms with Crippen molar-refractivity contribution in [3.05, 3.63) is 65.0 Å². The third kappa shape index (κ3) is 3.72. The molecule has 0 aliphatic rings. The van der Waals surface area contributed by atoms with Crippen molar-refractivity contribution in [3.8, 4) is 17.0 Å². The molecule has 2 aromatic carbocycles. The number of nitrogens with one attached hydrogen (secondary N) is 1. The normalized spacial score (nSPS) is 11.5. The average Bonchev–Trinajstić information content (AvgIpc) is 3.24. The summed E-state index contributed by atoms with van der Waals surface area (Å²) < 4.78 is 7.53. The Balaban J connectivity index is 1.53. The lowest BCUT2D eigenvalue weighted by molar-refractivity contribution is -0.128. The molecule has 0 aliphatic carbocycles. The number of anilines is 1. The minimum atomic E-state index is -1.12. The Morgan fingerprint density at radius 2 is 1.86 bits per heavy atom. The van der Waals surface area contributed by atoms with Crippen LogP contribution in [0.25, 0.3) is 16.2 Å². The summed E-state index contributed by atoms with van der Waals surface area (Å²) in [5.74, 6) is 0.443. The number of fused-ring (bicyclic) bond motifs is 1. The first kappa shape index (κ1) is 18.5. The van der Waals surface area contributed by atoms with E-state index in [1.54, 1.807) is 42.6 Å². The largest absolute Gasteiger partial charge is 0.478 e. The lowest BCUT2D eigenvalue weighted by atomic mass is 10.1. The third-order valence-electron chi connectivity index (χ3n) is 4.11. The average molecular weight is 413 g/mol. The summed E-state index contributed by atoms with van der Waals surface area (Å²) in [5.41, 5.74) is 0.836. The standard InChI is InChI=1S/C20H17ClN4O2S/c1-20(2,27-15-10-8-14(21)9-11-15)17(26)22-18-23-19-25(24-18)16(12-28-19)13-6-4-3-5-7-13/h3-12H,1-2H3,(H,22,24,26). The highest BCUT2D eigenvalue weighted by molar-refractivity contribution is 7.15. The van der Waals surface area contributed by atoms with Gasteiger partial charge in [-0.15, -0.1) is 16.4 Å². The van der Waals surface area contributed by atoms with Crippen LogP contribution >= 0.6 is 22.9 Å². The van der Waals surface area contributed by atoms with Crippen LogP contribution in [0.3, 0.4) is 0 Å². The minimum Gasteiger partial charge on any atom is -0.478 e. The van der Waals surface area contributed by atoms with E-state index in [9.17, 15) is 4.79 Å². The zero-order valence-electron chi connectivity index (χ0n) is 15.2. The van der Waals surface area contributed by atoms with Gasteiger partial charge in [0.15, 0.2) is 5.60 Å². The zero-order chi connectivity index (χ0) is 19.7. The zero-order valence-corrected chi connectivity index (χ0v) is 16.8. The fraction of sp³-hybridized carbons (Fsp3) is 0.150. The quantitative estimate of drug-likeness (QED) is 0.505. The second-order valence-corrected chi connectivity index (χ2v) is 7.91. The van der Waals surface area contributed by atoms with Crippen LogP contribution in [0, 0.1) is 0 Å². The first-order valence-electron chi connectivity index (χ1n) is 8.58. The number of halogens is 1. The fourth-order valence-corrected chi connectivity index (χ4v) is 3.59. The first-order valence-corrected chi connectivity index (χ1v) is 9.84. The number of carbonyl (C=O) groups is 1. The van der Waals surface area contributed by atoms with Crippen molar-refractivity contribution in [3.63, 3.8) is 0 Å². The highest BCUT2D eigenvalue weighted by Crippen LogP contribution is 2.26. The molecule has 1 amide bonds. The summed E-state index contributed by atoms with van der Waals surface area (Å²) in [5, 5.41) is 9.77. The lowest BCUT2D eigenvalue weighted by Crippen LogP contribution is -2.42. The molecule has 0 aliphatic heterocycles.